The van der Waals surface area contributed by atoms with Crippen molar-refractivity contribution in [3.63, 3.8) is 0 Å². The predicted octanol–water partition coefficient (Wildman–Crippen LogP) is 0.774. The summed E-state index contributed by atoms with van der Waals surface area (Å²) in [4.78, 5) is 0. The first-order chi connectivity index (χ1) is 5.75. The lowest BCUT2D eigenvalue weighted by Gasteiger charge is -2.27. The zero-order valence-corrected chi connectivity index (χ0v) is 7.19. The minimum absolute atomic E-state index is 0.0402. The van der Waals surface area contributed by atoms with Gasteiger partial charge in [-0.25, -0.2) is 0 Å². The molecule has 0 spiro atoms. The van der Waals surface area contributed by atoms with Gasteiger partial charge in [-0.1, -0.05) is 0 Å². The second kappa shape index (κ2) is 2.24. The van der Waals surface area contributed by atoms with Crippen LogP contribution in [-0.4, -0.2) is 22.4 Å². The van der Waals surface area contributed by atoms with Gasteiger partial charge in [-0.15, -0.1) is 0 Å². The summed E-state index contributed by atoms with van der Waals surface area (Å²) >= 11 is 0. The molecule has 0 aliphatic heterocycles. The second-order valence-electron chi connectivity index (χ2n) is 4.92. The van der Waals surface area contributed by atoms with E-state index in [2.05, 4.69) is 0 Å². The van der Waals surface area contributed by atoms with Crippen LogP contribution in [-0.2, 0) is 0 Å². The fourth-order valence-electron chi connectivity index (χ4n) is 4.01. The van der Waals surface area contributed by atoms with Gasteiger partial charge in [-0.3, -0.25) is 0 Å². The number of hydrogen-bond donors (Lipinski definition) is 2. The van der Waals surface area contributed by atoms with E-state index in [1.807, 2.05) is 0 Å². The molecule has 0 radical (unpaired) electrons. The molecule has 0 heterocycles. The van der Waals surface area contributed by atoms with E-state index in [0.717, 1.165) is 31.1 Å². The minimum atomic E-state index is -0.0596. The Morgan fingerprint density at radius 2 is 1.50 bits per heavy atom. The van der Waals surface area contributed by atoms with Gasteiger partial charge < -0.3 is 10.2 Å². The van der Waals surface area contributed by atoms with E-state index in [9.17, 15) is 10.2 Å². The van der Waals surface area contributed by atoms with E-state index in [4.69, 9.17) is 0 Å². The van der Waals surface area contributed by atoms with Gasteiger partial charge in [0.05, 0.1) is 12.2 Å². The number of hydrogen-bond acceptors (Lipinski definition) is 2. The van der Waals surface area contributed by atoms with Crippen molar-refractivity contribution in [1.29, 1.82) is 0 Å². The smallest absolute Gasteiger partial charge is 0.0574 e. The van der Waals surface area contributed by atoms with Crippen molar-refractivity contribution in [2.24, 2.45) is 23.7 Å². The fourth-order valence-corrected chi connectivity index (χ4v) is 4.01. The Hall–Kier alpha value is -0.0800. The van der Waals surface area contributed by atoms with Crippen molar-refractivity contribution in [3.8, 4) is 0 Å². The van der Waals surface area contributed by atoms with Crippen molar-refractivity contribution in [2.75, 3.05) is 0 Å². The maximum absolute atomic E-state index is 9.67. The molecule has 0 aromatic carbocycles. The van der Waals surface area contributed by atoms with Crippen LogP contribution in [0.3, 0.4) is 0 Å². The Labute approximate surface area is 72.6 Å². The average molecular weight is 168 g/mol. The van der Waals surface area contributed by atoms with Gasteiger partial charge >= 0.3 is 0 Å². The maximum atomic E-state index is 9.67. The third-order valence-electron chi connectivity index (χ3n) is 4.41. The zero-order chi connectivity index (χ0) is 8.29. The number of fused-ring (bicyclic) bond motifs is 5. The number of aliphatic hydroxyl groups is 2. The van der Waals surface area contributed by atoms with Crippen LogP contribution in [0, 0.1) is 23.7 Å². The molecule has 2 N–H and O–H groups in total. The second-order valence-corrected chi connectivity index (χ2v) is 4.92. The maximum Gasteiger partial charge on any atom is 0.0574 e. The molecule has 0 aromatic heterocycles. The van der Waals surface area contributed by atoms with E-state index in [0.29, 0.717) is 11.8 Å². The van der Waals surface area contributed by atoms with Crippen molar-refractivity contribution in [2.45, 2.75) is 37.9 Å². The highest BCUT2D eigenvalue weighted by atomic mass is 16.3. The van der Waals surface area contributed by atoms with Crippen LogP contribution >= 0.6 is 0 Å². The molecule has 0 unspecified atom stereocenters. The Morgan fingerprint density at radius 3 is 2.33 bits per heavy atom. The van der Waals surface area contributed by atoms with Crippen LogP contribution in [0.4, 0.5) is 0 Å². The number of aliphatic hydroxyl groups excluding tert-OH is 2. The molecule has 0 aromatic rings. The highest BCUT2D eigenvalue weighted by Gasteiger charge is 2.55. The van der Waals surface area contributed by atoms with Gasteiger partial charge in [-0.05, 0) is 49.4 Å². The predicted molar refractivity (Wildman–Crippen MR) is 44.4 cm³/mol. The van der Waals surface area contributed by atoms with Gasteiger partial charge in [-0.2, -0.15) is 0 Å². The first-order valence-electron chi connectivity index (χ1n) is 5.12. The molecule has 2 heteroatoms. The van der Waals surface area contributed by atoms with Gasteiger partial charge in [0, 0.05) is 0 Å². The molecule has 3 rings (SSSR count). The summed E-state index contributed by atoms with van der Waals surface area (Å²) in [5.74, 6) is 2.70. The normalized spacial score (nSPS) is 62.5. The van der Waals surface area contributed by atoms with Crippen LogP contribution < -0.4 is 0 Å². The van der Waals surface area contributed by atoms with Crippen LogP contribution in [0.15, 0.2) is 0 Å². The van der Waals surface area contributed by atoms with Gasteiger partial charge in [0.15, 0.2) is 0 Å². The van der Waals surface area contributed by atoms with Crippen molar-refractivity contribution in [3.05, 3.63) is 0 Å². The van der Waals surface area contributed by atoms with Crippen molar-refractivity contribution < 1.29 is 10.2 Å². The highest BCUT2D eigenvalue weighted by molar-refractivity contribution is 5.04. The molecule has 0 amide bonds. The Morgan fingerprint density at radius 1 is 0.750 bits per heavy atom. The summed E-state index contributed by atoms with van der Waals surface area (Å²) in [7, 11) is 0. The standard InChI is InChI=1S/C10H16O2/c11-6-3-7-5-1-9(8(7)4-6)10(12)2-5/h5-12H,1-4H2/t5-,6+,7-,8+,9+,10-/m1/s1. The summed E-state index contributed by atoms with van der Waals surface area (Å²) in [6, 6.07) is 0. The van der Waals surface area contributed by atoms with E-state index in [-0.39, 0.29) is 12.2 Å². The van der Waals surface area contributed by atoms with Crippen molar-refractivity contribution >= 4 is 0 Å². The lowest BCUT2D eigenvalue weighted by Crippen LogP contribution is -2.27. The molecule has 68 valence electrons. The largest absolute Gasteiger partial charge is 0.393 e. The fraction of sp³-hybridized carbons (Fsp3) is 1.00. The average Bonchev–Trinajstić information content (AvgIpc) is 2.57. The molecular weight excluding hydrogens is 152 g/mol. The van der Waals surface area contributed by atoms with E-state index < -0.39 is 0 Å². The van der Waals surface area contributed by atoms with E-state index >= 15 is 0 Å². The molecule has 3 fully saturated rings. The van der Waals surface area contributed by atoms with Crippen LogP contribution in [0.2, 0.25) is 0 Å². The van der Waals surface area contributed by atoms with Crippen molar-refractivity contribution in [1.82, 2.24) is 0 Å². The SMILES string of the molecule is O[C@@H]1C[C@H]2[C@H](C1)[C@@H]1C[C@@H]2[C@H](O)C1. The molecule has 2 nitrogen and oxygen atoms in total. The van der Waals surface area contributed by atoms with Gasteiger partial charge in [0.2, 0.25) is 0 Å². The molecule has 3 aliphatic carbocycles. The Bertz CT molecular complexity index is 200. The van der Waals surface area contributed by atoms with E-state index in [1.54, 1.807) is 0 Å². The molecular formula is C10H16O2. The molecule has 3 aliphatic rings. The van der Waals surface area contributed by atoms with Crippen LogP contribution in [0.25, 0.3) is 0 Å². The van der Waals surface area contributed by atoms with Crippen LogP contribution in [0.1, 0.15) is 25.7 Å². The minimum Gasteiger partial charge on any atom is -0.393 e. The lowest BCUT2D eigenvalue weighted by molar-refractivity contribution is 0.0633. The lowest BCUT2D eigenvalue weighted by atomic mass is 9.80. The monoisotopic (exact) mass is 168 g/mol. The van der Waals surface area contributed by atoms with Crippen LogP contribution in [0.5, 0.6) is 0 Å². The first-order valence-corrected chi connectivity index (χ1v) is 5.12. The third kappa shape index (κ3) is 0.775. The zero-order valence-electron chi connectivity index (χ0n) is 7.19. The Kier molecular flexibility index (Phi) is 1.37. The van der Waals surface area contributed by atoms with Gasteiger partial charge in [0.1, 0.15) is 0 Å². The highest BCUT2D eigenvalue weighted by Crippen LogP contribution is 2.58. The molecule has 3 saturated carbocycles. The quantitative estimate of drug-likeness (QED) is 0.561. The summed E-state index contributed by atoms with van der Waals surface area (Å²) in [5.41, 5.74) is 0. The van der Waals surface area contributed by atoms with Gasteiger partial charge in [0.25, 0.3) is 0 Å². The number of rotatable bonds is 0. The summed E-state index contributed by atoms with van der Waals surface area (Å²) < 4.78 is 0. The molecule has 2 bridgehead atoms. The molecule has 12 heavy (non-hydrogen) atoms. The van der Waals surface area contributed by atoms with E-state index in [1.165, 1.54) is 6.42 Å². The third-order valence-corrected chi connectivity index (χ3v) is 4.41. The Balaban J connectivity index is 1.86. The summed E-state index contributed by atoms with van der Waals surface area (Å²) in [5, 5.41) is 19.2. The molecule has 6 atom stereocenters. The first kappa shape index (κ1) is 7.34. The topological polar surface area (TPSA) is 40.5 Å². The summed E-state index contributed by atoms with van der Waals surface area (Å²) in [6.07, 6.45) is 4.13. The summed E-state index contributed by atoms with van der Waals surface area (Å²) in [6.45, 7) is 0. The molecule has 0 saturated heterocycles.